The fraction of sp³-hybridized carbons (Fsp3) is 0.333. The molecule has 5 nitrogen and oxygen atoms in total. The second kappa shape index (κ2) is 8.17. The second-order valence-corrected chi connectivity index (χ2v) is 5.33. The molecule has 0 fully saturated rings. The molecular weight excluding hydrogens is 290 g/mol. The number of hydrogen-bond donors (Lipinski definition) is 2. The number of phenols is 1. The van der Waals surface area contributed by atoms with Gasteiger partial charge >= 0.3 is 0 Å². The molecule has 5 heteroatoms. The first-order valence-electron chi connectivity index (χ1n) is 7.90. The van der Waals surface area contributed by atoms with Crippen LogP contribution in [0.25, 0.3) is 0 Å². The molecule has 2 rings (SSSR count). The Labute approximate surface area is 137 Å². The lowest BCUT2D eigenvalue weighted by Crippen LogP contribution is -2.23. The maximum atomic E-state index is 11.9. The van der Waals surface area contributed by atoms with Crippen LogP contribution < -0.4 is 5.43 Å². The molecular formula is C18H23N3O2. The lowest BCUT2D eigenvalue weighted by Gasteiger charge is -2.25. The summed E-state index contributed by atoms with van der Waals surface area (Å²) in [6.45, 7) is 6.28. The molecule has 2 N–H and O–H groups in total. The molecule has 0 saturated heterocycles. The fourth-order valence-electron chi connectivity index (χ4n) is 2.43. The molecule has 1 aromatic rings. The molecule has 1 unspecified atom stereocenters. The topological polar surface area (TPSA) is 64.9 Å². The molecule has 23 heavy (non-hydrogen) atoms. The molecule has 1 aliphatic rings. The quantitative estimate of drug-likeness (QED) is 0.627. The standard InChI is InChI=1S/C18H23N3O2/c1-3-21(4-2)16-9-5-14(6-10-16)13-19-20-18(23)15-7-11-17(22)12-8-15/h5,7-14,22H,3-4,6H2,1-2H3,(H,20,23)/b19-13+. The second-order valence-electron chi connectivity index (χ2n) is 5.33. The Morgan fingerprint density at radius 1 is 1.35 bits per heavy atom. The van der Waals surface area contributed by atoms with Crippen LogP contribution in [0.1, 0.15) is 30.6 Å². The minimum absolute atomic E-state index is 0.133. The molecule has 0 radical (unpaired) electrons. The molecule has 0 bridgehead atoms. The number of hydrogen-bond acceptors (Lipinski definition) is 4. The van der Waals surface area contributed by atoms with E-state index < -0.39 is 0 Å². The predicted molar refractivity (Wildman–Crippen MR) is 92.3 cm³/mol. The van der Waals surface area contributed by atoms with Crippen LogP contribution in [0.3, 0.4) is 0 Å². The first-order valence-corrected chi connectivity index (χ1v) is 7.90. The average molecular weight is 313 g/mol. The molecule has 122 valence electrons. The third kappa shape index (κ3) is 4.71. The van der Waals surface area contributed by atoms with E-state index in [9.17, 15) is 9.90 Å². The average Bonchev–Trinajstić information content (AvgIpc) is 2.58. The van der Waals surface area contributed by atoms with Crippen LogP contribution in [0.4, 0.5) is 0 Å². The van der Waals surface area contributed by atoms with Gasteiger partial charge in [0.1, 0.15) is 5.75 Å². The normalized spacial score (nSPS) is 17.1. The van der Waals surface area contributed by atoms with Crippen LogP contribution in [0.5, 0.6) is 5.75 Å². The van der Waals surface area contributed by atoms with E-state index in [0.717, 1.165) is 19.5 Å². The van der Waals surface area contributed by atoms with Crippen molar-refractivity contribution in [2.45, 2.75) is 20.3 Å². The summed E-state index contributed by atoms with van der Waals surface area (Å²) >= 11 is 0. The maximum absolute atomic E-state index is 11.9. The zero-order valence-electron chi connectivity index (χ0n) is 13.6. The molecule has 0 aliphatic heterocycles. The largest absolute Gasteiger partial charge is 0.508 e. The number of nitrogens with one attached hydrogen (secondary N) is 1. The highest BCUT2D eigenvalue weighted by Gasteiger charge is 2.10. The van der Waals surface area contributed by atoms with Gasteiger partial charge in [-0.1, -0.05) is 12.2 Å². The highest BCUT2D eigenvalue weighted by molar-refractivity contribution is 5.94. The monoisotopic (exact) mass is 313 g/mol. The third-order valence-electron chi connectivity index (χ3n) is 3.80. The zero-order valence-corrected chi connectivity index (χ0v) is 13.6. The van der Waals surface area contributed by atoms with Crippen molar-refractivity contribution >= 4 is 12.1 Å². The van der Waals surface area contributed by atoms with E-state index >= 15 is 0 Å². The highest BCUT2D eigenvalue weighted by Crippen LogP contribution is 2.17. The van der Waals surface area contributed by atoms with Crippen LogP contribution >= 0.6 is 0 Å². The SMILES string of the molecule is CCN(CC)C1=CCC(/C=N/NC(=O)c2ccc(O)cc2)C=C1. The van der Waals surface area contributed by atoms with E-state index in [4.69, 9.17) is 0 Å². The van der Waals surface area contributed by atoms with Gasteiger partial charge in [0, 0.05) is 36.5 Å². The Hall–Kier alpha value is -2.56. The maximum Gasteiger partial charge on any atom is 0.271 e. The Kier molecular flexibility index (Phi) is 5.97. The summed E-state index contributed by atoms with van der Waals surface area (Å²) in [6, 6.07) is 6.06. The fourth-order valence-corrected chi connectivity index (χ4v) is 2.43. The van der Waals surface area contributed by atoms with Crippen molar-refractivity contribution in [2.24, 2.45) is 11.0 Å². The molecule has 1 atom stereocenters. The summed E-state index contributed by atoms with van der Waals surface area (Å²) in [5, 5.41) is 13.2. The number of carbonyl (C=O) groups is 1. The first-order chi connectivity index (χ1) is 11.1. The Morgan fingerprint density at radius 3 is 2.61 bits per heavy atom. The van der Waals surface area contributed by atoms with Gasteiger partial charge < -0.3 is 10.0 Å². The van der Waals surface area contributed by atoms with E-state index in [1.807, 2.05) is 0 Å². The highest BCUT2D eigenvalue weighted by atomic mass is 16.3. The molecule has 1 aromatic carbocycles. The number of allylic oxidation sites excluding steroid dienone is 3. The van der Waals surface area contributed by atoms with Crippen molar-refractivity contribution in [3.05, 3.63) is 53.8 Å². The van der Waals surface area contributed by atoms with Crippen LogP contribution in [0.2, 0.25) is 0 Å². The van der Waals surface area contributed by atoms with Gasteiger partial charge in [-0.15, -0.1) is 0 Å². The van der Waals surface area contributed by atoms with Gasteiger partial charge in [-0.25, -0.2) is 5.43 Å². The summed E-state index contributed by atoms with van der Waals surface area (Å²) in [6.07, 6.45) is 9.02. The van der Waals surface area contributed by atoms with E-state index in [1.165, 1.54) is 17.8 Å². The number of carbonyl (C=O) groups excluding carboxylic acids is 1. The van der Waals surface area contributed by atoms with Crippen LogP contribution in [-0.2, 0) is 0 Å². The van der Waals surface area contributed by atoms with Crippen LogP contribution in [-0.4, -0.2) is 35.2 Å². The van der Waals surface area contributed by atoms with E-state index in [0.29, 0.717) is 5.56 Å². The summed E-state index contributed by atoms with van der Waals surface area (Å²) in [7, 11) is 0. The molecule has 1 aliphatic carbocycles. The smallest absolute Gasteiger partial charge is 0.271 e. The summed E-state index contributed by atoms with van der Waals surface area (Å²) < 4.78 is 0. The van der Waals surface area contributed by atoms with Gasteiger partial charge in [0.25, 0.3) is 5.91 Å². The number of nitrogens with zero attached hydrogens (tertiary/aromatic N) is 2. The van der Waals surface area contributed by atoms with Crippen LogP contribution in [0, 0.1) is 5.92 Å². The van der Waals surface area contributed by atoms with E-state index in [-0.39, 0.29) is 17.6 Å². The molecule has 0 spiro atoms. The van der Waals surface area contributed by atoms with Gasteiger partial charge in [-0.3, -0.25) is 4.79 Å². The van der Waals surface area contributed by atoms with E-state index in [2.05, 4.69) is 47.5 Å². The predicted octanol–water partition coefficient (Wildman–Crippen LogP) is 2.91. The summed E-state index contributed by atoms with van der Waals surface area (Å²) in [5.41, 5.74) is 4.21. The number of aromatic hydroxyl groups is 1. The third-order valence-corrected chi connectivity index (χ3v) is 3.80. The van der Waals surface area contributed by atoms with Crippen molar-refractivity contribution in [3.63, 3.8) is 0 Å². The molecule has 0 aromatic heterocycles. The van der Waals surface area contributed by atoms with Crippen molar-refractivity contribution in [2.75, 3.05) is 13.1 Å². The van der Waals surface area contributed by atoms with Crippen molar-refractivity contribution in [3.8, 4) is 5.75 Å². The van der Waals surface area contributed by atoms with Gasteiger partial charge in [0.2, 0.25) is 0 Å². The summed E-state index contributed by atoms with van der Waals surface area (Å²) in [5.74, 6) is 0.0306. The first kappa shape index (κ1) is 16.8. The number of phenolic OH excluding ortho intramolecular Hbond substituents is 1. The van der Waals surface area contributed by atoms with Crippen molar-refractivity contribution < 1.29 is 9.90 Å². The number of rotatable bonds is 6. The molecule has 0 heterocycles. The van der Waals surface area contributed by atoms with Crippen molar-refractivity contribution in [1.82, 2.24) is 10.3 Å². The van der Waals surface area contributed by atoms with Gasteiger partial charge in [0.05, 0.1) is 0 Å². The van der Waals surface area contributed by atoms with Gasteiger partial charge in [-0.2, -0.15) is 5.10 Å². The molecule has 1 amide bonds. The number of benzene rings is 1. The summed E-state index contributed by atoms with van der Waals surface area (Å²) in [4.78, 5) is 14.2. The molecule has 0 saturated carbocycles. The Bertz CT molecular complexity index is 614. The lowest BCUT2D eigenvalue weighted by atomic mass is 10.0. The Balaban J connectivity index is 1.84. The minimum atomic E-state index is -0.291. The zero-order chi connectivity index (χ0) is 16.7. The van der Waals surface area contributed by atoms with E-state index in [1.54, 1.807) is 18.3 Å². The lowest BCUT2D eigenvalue weighted by molar-refractivity contribution is 0.0955. The van der Waals surface area contributed by atoms with Gasteiger partial charge in [0.15, 0.2) is 0 Å². The Morgan fingerprint density at radius 2 is 2.04 bits per heavy atom. The van der Waals surface area contributed by atoms with Crippen molar-refractivity contribution in [1.29, 1.82) is 0 Å². The number of amides is 1. The number of hydrazone groups is 1. The number of likely N-dealkylation sites (N-methyl/N-ethyl adjacent to an activating group) is 1. The minimum Gasteiger partial charge on any atom is -0.508 e. The van der Waals surface area contributed by atoms with Gasteiger partial charge in [-0.05, 0) is 50.6 Å². The van der Waals surface area contributed by atoms with Crippen LogP contribution in [0.15, 0.2) is 53.3 Å².